The van der Waals surface area contributed by atoms with Crippen molar-refractivity contribution < 1.29 is 0 Å². The molecule has 0 spiro atoms. The minimum Gasteiger partial charge on any atom is -0.270 e. The summed E-state index contributed by atoms with van der Waals surface area (Å²) in [6, 6.07) is 2.25. The fraction of sp³-hybridized carbons (Fsp3) is 0.722. The summed E-state index contributed by atoms with van der Waals surface area (Å²) in [5, 5.41) is 4.56. The Balaban J connectivity index is 2.64. The van der Waals surface area contributed by atoms with Crippen molar-refractivity contribution in [1.82, 2.24) is 9.78 Å². The largest absolute Gasteiger partial charge is 0.270 e. The third kappa shape index (κ3) is 5.94. The topological polar surface area (TPSA) is 17.8 Å². The summed E-state index contributed by atoms with van der Waals surface area (Å²) in [6.07, 6.45) is 13.7. The SMILES string of the molecule is CCCC/C=C\C(CCCC)Cc1cc(C)nn1CC. The van der Waals surface area contributed by atoms with Crippen LogP contribution in [0.4, 0.5) is 0 Å². The molecule has 0 saturated heterocycles. The van der Waals surface area contributed by atoms with Crippen LogP contribution in [0.3, 0.4) is 0 Å². The van der Waals surface area contributed by atoms with Crippen molar-refractivity contribution in [3.05, 3.63) is 29.6 Å². The fourth-order valence-electron chi connectivity index (χ4n) is 2.65. The smallest absolute Gasteiger partial charge is 0.0596 e. The maximum Gasteiger partial charge on any atom is 0.0596 e. The number of rotatable bonds is 10. The monoisotopic (exact) mass is 276 g/mol. The molecule has 1 aromatic heterocycles. The average molecular weight is 276 g/mol. The molecule has 2 heteroatoms. The van der Waals surface area contributed by atoms with Crippen LogP contribution in [0.15, 0.2) is 18.2 Å². The lowest BCUT2D eigenvalue weighted by molar-refractivity contribution is 0.517. The molecule has 0 bridgehead atoms. The van der Waals surface area contributed by atoms with E-state index in [-0.39, 0.29) is 0 Å². The highest BCUT2D eigenvalue weighted by atomic mass is 15.3. The van der Waals surface area contributed by atoms with Gasteiger partial charge in [0, 0.05) is 12.2 Å². The average Bonchev–Trinajstić information content (AvgIpc) is 2.80. The zero-order valence-electron chi connectivity index (χ0n) is 13.9. The van der Waals surface area contributed by atoms with Crippen LogP contribution in [0.2, 0.25) is 0 Å². The fourth-order valence-corrected chi connectivity index (χ4v) is 2.65. The highest BCUT2D eigenvalue weighted by Crippen LogP contribution is 2.18. The van der Waals surface area contributed by atoms with Gasteiger partial charge in [0.15, 0.2) is 0 Å². The predicted molar refractivity (Wildman–Crippen MR) is 88.0 cm³/mol. The first-order valence-corrected chi connectivity index (χ1v) is 8.41. The van der Waals surface area contributed by atoms with Crippen LogP contribution >= 0.6 is 0 Å². The van der Waals surface area contributed by atoms with Crippen molar-refractivity contribution in [3.63, 3.8) is 0 Å². The first-order valence-electron chi connectivity index (χ1n) is 8.41. The third-order valence-electron chi connectivity index (χ3n) is 3.82. The Kier molecular flexibility index (Phi) is 8.32. The van der Waals surface area contributed by atoms with E-state index in [2.05, 4.69) is 55.7 Å². The third-order valence-corrected chi connectivity index (χ3v) is 3.82. The minimum absolute atomic E-state index is 0.674. The Hall–Kier alpha value is -1.05. The molecule has 0 fully saturated rings. The van der Waals surface area contributed by atoms with E-state index in [0.717, 1.165) is 18.7 Å². The van der Waals surface area contributed by atoms with Gasteiger partial charge in [0.2, 0.25) is 0 Å². The first kappa shape index (κ1) is 17.0. The van der Waals surface area contributed by atoms with Gasteiger partial charge in [-0.2, -0.15) is 5.10 Å². The maximum atomic E-state index is 4.56. The first-order chi connectivity index (χ1) is 9.71. The molecule has 0 aliphatic rings. The molecule has 1 unspecified atom stereocenters. The van der Waals surface area contributed by atoms with Crippen molar-refractivity contribution in [2.24, 2.45) is 5.92 Å². The van der Waals surface area contributed by atoms with Gasteiger partial charge in [-0.25, -0.2) is 0 Å². The van der Waals surface area contributed by atoms with E-state index in [1.807, 2.05) is 0 Å². The number of unbranched alkanes of at least 4 members (excludes halogenated alkanes) is 3. The molecule has 20 heavy (non-hydrogen) atoms. The van der Waals surface area contributed by atoms with E-state index in [9.17, 15) is 0 Å². The second-order valence-corrected chi connectivity index (χ2v) is 5.77. The Morgan fingerprint density at radius 1 is 1.20 bits per heavy atom. The number of aryl methyl sites for hydroxylation is 2. The predicted octanol–water partition coefficient (Wildman–Crippen LogP) is 5.31. The normalized spacial score (nSPS) is 13.2. The molecule has 0 radical (unpaired) electrons. The molecule has 2 nitrogen and oxygen atoms in total. The van der Waals surface area contributed by atoms with Gasteiger partial charge in [0.05, 0.1) is 5.69 Å². The second-order valence-electron chi connectivity index (χ2n) is 5.77. The van der Waals surface area contributed by atoms with Crippen molar-refractivity contribution in [3.8, 4) is 0 Å². The van der Waals surface area contributed by atoms with Crippen LogP contribution in [0.1, 0.15) is 70.7 Å². The van der Waals surface area contributed by atoms with Gasteiger partial charge in [0.25, 0.3) is 0 Å². The molecule has 1 heterocycles. The second kappa shape index (κ2) is 9.79. The molecule has 114 valence electrons. The van der Waals surface area contributed by atoms with Gasteiger partial charge in [-0.15, -0.1) is 0 Å². The van der Waals surface area contributed by atoms with Crippen LogP contribution < -0.4 is 0 Å². The number of hydrogen-bond acceptors (Lipinski definition) is 1. The molecule has 1 aromatic rings. The van der Waals surface area contributed by atoms with Crippen LogP contribution in [0, 0.1) is 12.8 Å². The van der Waals surface area contributed by atoms with Crippen LogP contribution in [-0.2, 0) is 13.0 Å². The molecule has 0 amide bonds. The summed E-state index contributed by atoms with van der Waals surface area (Å²) < 4.78 is 2.16. The maximum absolute atomic E-state index is 4.56. The quantitative estimate of drug-likeness (QED) is 0.418. The van der Waals surface area contributed by atoms with Gasteiger partial charge in [0.1, 0.15) is 0 Å². The molecule has 0 saturated carbocycles. The summed E-state index contributed by atoms with van der Waals surface area (Å²) in [5.74, 6) is 0.674. The Bertz CT molecular complexity index is 390. The van der Waals surface area contributed by atoms with Crippen LogP contribution in [-0.4, -0.2) is 9.78 Å². The standard InChI is InChI=1S/C18H32N2/c1-5-8-10-11-13-17(12-9-6-2)15-18-14-16(4)19-20(18)7-3/h11,13-14,17H,5-10,12,15H2,1-4H3/b13-11-. The molecular formula is C18H32N2. The van der Waals surface area contributed by atoms with Crippen molar-refractivity contribution in [2.45, 2.75) is 79.2 Å². The summed E-state index contributed by atoms with van der Waals surface area (Å²) in [6.45, 7) is 9.77. The minimum atomic E-state index is 0.674. The molecular weight excluding hydrogens is 244 g/mol. The van der Waals surface area contributed by atoms with Crippen molar-refractivity contribution in [1.29, 1.82) is 0 Å². The van der Waals surface area contributed by atoms with Crippen molar-refractivity contribution >= 4 is 0 Å². The summed E-state index contributed by atoms with van der Waals surface area (Å²) in [7, 11) is 0. The van der Waals surface area contributed by atoms with Gasteiger partial charge in [-0.3, -0.25) is 4.68 Å². The van der Waals surface area contributed by atoms with Crippen LogP contribution in [0.25, 0.3) is 0 Å². The van der Waals surface area contributed by atoms with Crippen LogP contribution in [0.5, 0.6) is 0 Å². The summed E-state index contributed by atoms with van der Waals surface area (Å²) in [5.41, 5.74) is 2.54. The molecule has 1 atom stereocenters. The lowest BCUT2D eigenvalue weighted by Gasteiger charge is -2.13. The van der Waals surface area contributed by atoms with Gasteiger partial charge in [-0.05, 0) is 45.1 Å². The van der Waals surface area contributed by atoms with E-state index in [1.54, 1.807) is 0 Å². The number of nitrogens with zero attached hydrogens (tertiary/aromatic N) is 2. The number of aromatic nitrogens is 2. The molecule has 0 aromatic carbocycles. The Morgan fingerprint density at radius 3 is 2.60 bits per heavy atom. The molecule has 0 aliphatic carbocycles. The summed E-state index contributed by atoms with van der Waals surface area (Å²) >= 11 is 0. The van der Waals surface area contributed by atoms with Gasteiger partial charge in [-0.1, -0.05) is 51.7 Å². The zero-order chi connectivity index (χ0) is 14.8. The molecule has 0 aliphatic heterocycles. The number of allylic oxidation sites excluding steroid dienone is 2. The van der Waals surface area contributed by atoms with E-state index in [0.29, 0.717) is 5.92 Å². The Labute approximate surface area is 125 Å². The van der Waals surface area contributed by atoms with E-state index >= 15 is 0 Å². The van der Waals surface area contributed by atoms with E-state index in [1.165, 1.54) is 44.2 Å². The lowest BCUT2D eigenvalue weighted by atomic mass is 9.95. The van der Waals surface area contributed by atoms with Gasteiger partial charge < -0.3 is 0 Å². The van der Waals surface area contributed by atoms with Gasteiger partial charge >= 0.3 is 0 Å². The molecule has 1 rings (SSSR count). The lowest BCUT2D eigenvalue weighted by Crippen LogP contribution is -2.08. The summed E-state index contributed by atoms with van der Waals surface area (Å²) in [4.78, 5) is 0. The molecule has 0 N–H and O–H groups in total. The number of hydrogen-bond donors (Lipinski definition) is 0. The highest BCUT2D eigenvalue weighted by Gasteiger charge is 2.10. The van der Waals surface area contributed by atoms with Crippen molar-refractivity contribution in [2.75, 3.05) is 0 Å². The van der Waals surface area contributed by atoms with E-state index < -0.39 is 0 Å². The zero-order valence-corrected chi connectivity index (χ0v) is 13.9. The Morgan fingerprint density at radius 2 is 1.95 bits per heavy atom. The highest BCUT2D eigenvalue weighted by molar-refractivity contribution is 5.11. The van der Waals surface area contributed by atoms with E-state index in [4.69, 9.17) is 0 Å².